The molecule has 0 atom stereocenters. The topological polar surface area (TPSA) is 106 Å². The Morgan fingerprint density at radius 1 is 0.875 bits per heavy atom. The first-order chi connectivity index (χ1) is 18.7. The molecule has 0 saturated heterocycles. The molecule has 40 heavy (non-hydrogen) atoms. The van der Waals surface area contributed by atoms with Gasteiger partial charge in [0.25, 0.3) is 15.9 Å². The predicted octanol–water partition coefficient (Wildman–Crippen LogP) is 6.98. The van der Waals surface area contributed by atoms with E-state index in [1.165, 1.54) is 30.5 Å². The van der Waals surface area contributed by atoms with Crippen LogP contribution in [0.15, 0.2) is 77.8 Å². The van der Waals surface area contributed by atoms with E-state index in [4.69, 9.17) is 39.5 Å². The average Bonchev–Trinajstić information content (AvgIpc) is 2.85. The van der Waals surface area contributed by atoms with Gasteiger partial charge in [0.1, 0.15) is 17.8 Å². The SMILES string of the molecule is CC(C)(C)OC(=O)CN(c1ccc2ccc(NC(=O)c3cc(Cl)ccn3)cc2c1)S(=O)(=O)c1cc(Cl)cc(Cl)c1. The lowest BCUT2D eigenvalue weighted by Crippen LogP contribution is -2.39. The van der Waals surface area contributed by atoms with Crippen LogP contribution in [0.3, 0.4) is 0 Å². The average molecular weight is 621 g/mol. The van der Waals surface area contributed by atoms with Crippen LogP contribution in [-0.4, -0.2) is 37.4 Å². The fourth-order valence-electron chi connectivity index (χ4n) is 3.80. The Hall–Kier alpha value is -3.37. The Kier molecular flexibility index (Phi) is 8.60. The number of esters is 1. The Morgan fingerprint density at radius 3 is 2.20 bits per heavy atom. The molecule has 1 aromatic heterocycles. The molecule has 12 heteroatoms. The molecule has 0 aliphatic carbocycles. The quantitative estimate of drug-likeness (QED) is 0.223. The monoisotopic (exact) mass is 619 g/mol. The summed E-state index contributed by atoms with van der Waals surface area (Å²) >= 11 is 18.1. The van der Waals surface area contributed by atoms with Gasteiger partial charge in [-0.25, -0.2) is 8.42 Å². The molecule has 208 valence electrons. The van der Waals surface area contributed by atoms with Crippen molar-refractivity contribution in [1.29, 1.82) is 0 Å². The molecule has 4 rings (SSSR count). The van der Waals surface area contributed by atoms with Crippen LogP contribution in [0.1, 0.15) is 31.3 Å². The molecule has 0 bridgehead atoms. The highest BCUT2D eigenvalue weighted by Gasteiger charge is 2.30. The lowest BCUT2D eigenvalue weighted by Gasteiger charge is -2.26. The van der Waals surface area contributed by atoms with Gasteiger partial charge in [0.05, 0.1) is 10.6 Å². The van der Waals surface area contributed by atoms with E-state index in [9.17, 15) is 18.0 Å². The summed E-state index contributed by atoms with van der Waals surface area (Å²) in [4.78, 5) is 29.3. The molecule has 0 unspecified atom stereocenters. The normalized spacial score (nSPS) is 11.8. The van der Waals surface area contributed by atoms with Gasteiger partial charge < -0.3 is 10.1 Å². The van der Waals surface area contributed by atoms with Gasteiger partial charge in [0.2, 0.25) is 0 Å². The van der Waals surface area contributed by atoms with Crippen LogP contribution >= 0.6 is 34.8 Å². The van der Waals surface area contributed by atoms with Crippen LogP contribution in [0.25, 0.3) is 10.8 Å². The molecule has 0 aliphatic rings. The van der Waals surface area contributed by atoms with Gasteiger partial charge in [-0.05, 0) is 86.1 Å². The number of aromatic nitrogens is 1. The van der Waals surface area contributed by atoms with Crippen LogP contribution in [-0.2, 0) is 19.6 Å². The van der Waals surface area contributed by atoms with E-state index in [-0.39, 0.29) is 26.3 Å². The number of hydrogen-bond donors (Lipinski definition) is 1. The molecule has 3 aromatic carbocycles. The number of carbonyl (C=O) groups excluding carboxylic acids is 2. The third kappa shape index (κ3) is 7.22. The van der Waals surface area contributed by atoms with Gasteiger partial charge in [0, 0.05) is 27.0 Å². The van der Waals surface area contributed by atoms with Crippen molar-refractivity contribution in [3.05, 3.63) is 93.7 Å². The first-order valence-corrected chi connectivity index (χ1v) is 14.5. The number of sulfonamides is 1. The standard InChI is InChI=1S/C28H24Cl3N3O5S/c1-28(2,3)39-26(35)16-34(40(37,38)24-13-20(30)12-21(31)14-24)23-7-5-17-4-6-22(10-18(17)11-23)33-27(36)25-15-19(29)8-9-32-25/h4-15H,16H2,1-3H3,(H,33,36). The lowest BCUT2D eigenvalue weighted by molar-refractivity contribution is -0.152. The maximum absolute atomic E-state index is 13.8. The highest BCUT2D eigenvalue weighted by molar-refractivity contribution is 7.92. The summed E-state index contributed by atoms with van der Waals surface area (Å²) in [6.07, 6.45) is 1.43. The second-order valence-corrected chi connectivity index (χ2v) is 12.9. The summed E-state index contributed by atoms with van der Waals surface area (Å²) in [5.41, 5.74) is -0.0644. The fraction of sp³-hybridized carbons (Fsp3) is 0.179. The molecule has 1 N–H and O–H groups in total. The van der Waals surface area contributed by atoms with Crippen molar-refractivity contribution in [2.75, 3.05) is 16.2 Å². The van der Waals surface area contributed by atoms with Crippen molar-refractivity contribution < 1.29 is 22.7 Å². The van der Waals surface area contributed by atoms with Crippen LogP contribution in [0.4, 0.5) is 11.4 Å². The van der Waals surface area contributed by atoms with Crippen LogP contribution in [0.5, 0.6) is 0 Å². The minimum Gasteiger partial charge on any atom is -0.459 e. The Morgan fingerprint density at radius 2 is 1.55 bits per heavy atom. The second kappa shape index (κ2) is 11.6. The lowest BCUT2D eigenvalue weighted by atomic mass is 10.1. The van der Waals surface area contributed by atoms with Gasteiger partial charge in [-0.3, -0.25) is 18.9 Å². The third-order valence-corrected chi connectivity index (χ3v) is 7.86. The number of carbonyl (C=O) groups is 2. The number of ether oxygens (including phenoxy) is 1. The van der Waals surface area contributed by atoms with E-state index in [1.807, 2.05) is 0 Å². The van der Waals surface area contributed by atoms with Crippen molar-refractivity contribution >= 4 is 78.8 Å². The van der Waals surface area contributed by atoms with Crippen LogP contribution in [0, 0.1) is 0 Å². The Balaban J connectivity index is 1.74. The predicted molar refractivity (Wildman–Crippen MR) is 158 cm³/mol. The van der Waals surface area contributed by atoms with Crippen molar-refractivity contribution in [3.63, 3.8) is 0 Å². The summed E-state index contributed by atoms with van der Waals surface area (Å²) in [5.74, 6) is -1.22. The number of hydrogen-bond acceptors (Lipinski definition) is 6. The molecular weight excluding hydrogens is 597 g/mol. The number of rotatable bonds is 7. The second-order valence-electron chi connectivity index (χ2n) is 9.76. The molecule has 0 fully saturated rings. The number of nitrogens with one attached hydrogen (secondary N) is 1. The Bertz CT molecular complexity index is 1700. The maximum atomic E-state index is 13.8. The summed E-state index contributed by atoms with van der Waals surface area (Å²) in [6.45, 7) is 4.45. The van der Waals surface area contributed by atoms with Crippen molar-refractivity contribution in [2.24, 2.45) is 0 Å². The highest BCUT2D eigenvalue weighted by Crippen LogP contribution is 2.31. The van der Waals surface area contributed by atoms with Crippen molar-refractivity contribution in [1.82, 2.24) is 4.98 Å². The molecule has 0 radical (unpaired) electrons. The summed E-state index contributed by atoms with van der Waals surface area (Å²) < 4.78 is 33.9. The molecule has 4 aromatic rings. The first-order valence-electron chi connectivity index (χ1n) is 11.9. The van der Waals surface area contributed by atoms with Gasteiger partial charge in [0.15, 0.2) is 0 Å². The molecule has 1 amide bonds. The van der Waals surface area contributed by atoms with Crippen LogP contribution < -0.4 is 9.62 Å². The summed E-state index contributed by atoms with van der Waals surface area (Å²) in [7, 11) is -4.31. The van der Waals surface area contributed by atoms with Gasteiger partial charge in [-0.15, -0.1) is 0 Å². The molecule has 1 heterocycles. The van der Waals surface area contributed by atoms with Crippen LogP contribution in [0.2, 0.25) is 15.1 Å². The van der Waals surface area contributed by atoms with E-state index in [0.717, 1.165) is 9.69 Å². The molecule has 8 nitrogen and oxygen atoms in total. The smallest absolute Gasteiger partial charge is 0.327 e. The third-order valence-electron chi connectivity index (χ3n) is 5.44. The van der Waals surface area contributed by atoms with E-state index in [2.05, 4.69) is 10.3 Å². The fourth-order valence-corrected chi connectivity index (χ4v) is 6.09. The van der Waals surface area contributed by atoms with E-state index < -0.39 is 34.0 Å². The summed E-state index contributed by atoms with van der Waals surface area (Å²) in [6, 6.07) is 16.9. The maximum Gasteiger partial charge on any atom is 0.327 e. The number of benzene rings is 3. The molecule has 0 spiro atoms. The highest BCUT2D eigenvalue weighted by atomic mass is 35.5. The zero-order valence-corrected chi connectivity index (χ0v) is 24.7. The van der Waals surface area contributed by atoms with Gasteiger partial charge in [-0.1, -0.05) is 46.9 Å². The molecule has 0 saturated carbocycles. The number of pyridine rings is 1. The minimum atomic E-state index is -4.31. The van der Waals surface area contributed by atoms with Crippen molar-refractivity contribution in [2.45, 2.75) is 31.3 Å². The first kappa shape index (κ1) is 29.6. The summed E-state index contributed by atoms with van der Waals surface area (Å²) in [5, 5.41) is 4.74. The Labute approximate surface area is 246 Å². The van der Waals surface area contributed by atoms with Gasteiger partial charge >= 0.3 is 5.97 Å². The van der Waals surface area contributed by atoms with Crippen molar-refractivity contribution in [3.8, 4) is 0 Å². The number of amides is 1. The number of nitrogens with zero attached hydrogens (tertiary/aromatic N) is 2. The minimum absolute atomic E-state index is 0.122. The molecular formula is C28H24Cl3N3O5S. The van der Waals surface area contributed by atoms with Gasteiger partial charge in [-0.2, -0.15) is 0 Å². The zero-order chi connectivity index (χ0) is 29.2. The van der Waals surface area contributed by atoms with E-state index >= 15 is 0 Å². The number of anilines is 2. The van der Waals surface area contributed by atoms with E-state index in [0.29, 0.717) is 16.1 Å². The largest absolute Gasteiger partial charge is 0.459 e. The zero-order valence-electron chi connectivity index (χ0n) is 21.6. The van der Waals surface area contributed by atoms with E-state index in [1.54, 1.807) is 63.2 Å². The number of fused-ring (bicyclic) bond motifs is 1. The molecule has 0 aliphatic heterocycles. The number of halogens is 3.